The Hall–Kier alpha value is -3.12. The molecule has 1 N–H and O–H groups in total. The number of piperidine rings is 1. The lowest BCUT2D eigenvalue weighted by Crippen LogP contribution is -2.47. The number of methoxy groups -OCH3 is 1. The number of ether oxygens (including phenoxy) is 1. The fourth-order valence-corrected chi connectivity index (χ4v) is 3.73. The molecule has 1 aliphatic heterocycles. The van der Waals surface area contributed by atoms with Crippen LogP contribution in [0.3, 0.4) is 0 Å². The van der Waals surface area contributed by atoms with E-state index in [1.807, 2.05) is 42.5 Å². The molecule has 1 atom stereocenters. The van der Waals surface area contributed by atoms with Crippen LogP contribution in [-0.4, -0.2) is 42.2 Å². The van der Waals surface area contributed by atoms with E-state index in [1.54, 1.807) is 13.2 Å². The molecule has 29 heavy (non-hydrogen) atoms. The monoisotopic (exact) mass is 391 g/mol. The van der Waals surface area contributed by atoms with E-state index in [-0.39, 0.29) is 11.9 Å². The van der Waals surface area contributed by atoms with Crippen LogP contribution in [0.1, 0.15) is 28.9 Å². The van der Waals surface area contributed by atoms with E-state index in [0.29, 0.717) is 11.5 Å². The third-order valence-corrected chi connectivity index (χ3v) is 5.18. The van der Waals surface area contributed by atoms with Gasteiger partial charge in [-0.25, -0.2) is 0 Å². The number of likely N-dealkylation sites (tertiary alicyclic amines) is 1. The zero-order valence-corrected chi connectivity index (χ0v) is 16.5. The van der Waals surface area contributed by atoms with Gasteiger partial charge in [0.15, 0.2) is 11.5 Å². The Morgan fingerprint density at radius 1 is 1.21 bits per heavy atom. The van der Waals surface area contributed by atoms with Gasteiger partial charge >= 0.3 is 0 Å². The molecule has 1 aromatic heterocycles. The fourth-order valence-electron chi connectivity index (χ4n) is 3.73. The van der Waals surface area contributed by atoms with E-state index in [4.69, 9.17) is 9.26 Å². The molecule has 0 saturated carbocycles. The minimum Gasteiger partial charge on any atom is -0.497 e. The number of hydrogen-bond donors (Lipinski definition) is 1. The predicted molar refractivity (Wildman–Crippen MR) is 111 cm³/mol. The third kappa shape index (κ3) is 4.84. The van der Waals surface area contributed by atoms with Crippen molar-refractivity contribution >= 4 is 5.91 Å². The number of aromatic nitrogens is 1. The molecule has 6 heteroatoms. The van der Waals surface area contributed by atoms with Crippen LogP contribution in [0.2, 0.25) is 0 Å². The summed E-state index contributed by atoms with van der Waals surface area (Å²) in [5, 5.41) is 7.06. The van der Waals surface area contributed by atoms with E-state index in [9.17, 15) is 4.79 Å². The first kappa shape index (κ1) is 19.2. The highest BCUT2D eigenvalue weighted by Crippen LogP contribution is 2.21. The van der Waals surface area contributed by atoms with Crippen LogP contribution in [0, 0.1) is 0 Å². The van der Waals surface area contributed by atoms with Gasteiger partial charge in [0.1, 0.15) is 5.75 Å². The van der Waals surface area contributed by atoms with Crippen LogP contribution in [0.5, 0.6) is 5.75 Å². The minimum atomic E-state index is -0.191. The highest BCUT2D eigenvalue weighted by atomic mass is 16.5. The standard InChI is InChI=1S/C23H25N3O3/c1-28-20-11-5-7-17(13-20)15-26-12-6-10-19(16-26)24-23(27)21-14-22(29-25-21)18-8-3-2-4-9-18/h2-5,7-9,11,13-14,19H,6,10,12,15-16H2,1H3,(H,24,27). The summed E-state index contributed by atoms with van der Waals surface area (Å²) < 4.78 is 10.7. The largest absolute Gasteiger partial charge is 0.497 e. The van der Waals surface area contributed by atoms with Gasteiger partial charge in [-0.15, -0.1) is 0 Å². The number of amides is 1. The molecule has 4 rings (SSSR count). The molecule has 1 fully saturated rings. The molecule has 0 bridgehead atoms. The third-order valence-electron chi connectivity index (χ3n) is 5.18. The Bertz CT molecular complexity index is 955. The second-order valence-corrected chi connectivity index (χ2v) is 7.34. The van der Waals surface area contributed by atoms with Crippen molar-refractivity contribution in [1.82, 2.24) is 15.4 Å². The summed E-state index contributed by atoms with van der Waals surface area (Å²) in [5.74, 6) is 1.27. The van der Waals surface area contributed by atoms with Crippen molar-refractivity contribution < 1.29 is 14.1 Å². The first-order valence-electron chi connectivity index (χ1n) is 9.89. The lowest BCUT2D eigenvalue weighted by Gasteiger charge is -2.33. The molecule has 2 heterocycles. The molecule has 2 aromatic carbocycles. The Labute approximate surface area is 170 Å². The van der Waals surface area contributed by atoms with Gasteiger partial charge in [0.2, 0.25) is 0 Å². The average Bonchev–Trinajstić information content (AvgIpc) is 3.25. The number of carbonyl (C=O) groups excluding carboxylic acids is 1. The van der Waals surface area contributed by atoms with Gasteiger partial charge in [-0.3, -0.25) is 9.69 Å². The molecule has 0 radical (unpaired) electrons. The van der Waals surface area contributed by atoms with Crippen molar-refractivity contribution in [3.8, 4) is 17.1 Å². The van der Waals surface area contributed by atoms with Crippen molar-refractivity contribution in [2.75, 3.05) is 20.2 Å². The van der Waals surface area contributed by atoms with Crippen molar-refractivity contribution in [2.45, 2.75) is 25.4 Å². The number of rotatable bonds is 6. The number of carbonyl (C=O) groups is 1. The summed E-state index contributed by atoms with van der Waals surface area (Å²) in [5.41, 5.74) is 2.43. The molecule has 3 aromatic rings. The van der Waals surface area contributed by atoms with Gasteiger partial charge in [0, 0.05) is 30.8 Å². The van der Waals surface area contributed by atoms with Crippen molar-refractivity contribution in [2.24, 2.45) is 0 Å². The lowest BCUT2D eigenvalue weighted by atomic mass is 10.0. The smallest absolute Gasteiger partial charge is 0.273 e. The Balaban J connectivity index is 1.35. The van der Waals surface area contributed by atoms with Crippen LogP contribution in [0.4, 0.5) is 0 Å². The molecule has 1 saturated heterocycles. The second-order valence-electron chi connectivity index (χ2n) is 7.34. The van der Waals surface area contributed by atoms with Crippen LogP contribution in [0.15, 0.2) is 65.2 Å². The molecule has 6 nitrogen and oxygen atoms in total. The summed E-state index contributed by atoms with van der Waals surface area (Å²) >= 11 is 0. The summed E-state index contributed by atoms with van der Waals surface area (Å²) in [6, 6.07) is 19.6. The summed E-state index contributed by atoms with van der Waals surface area (Å²) in [7, 11) is 1.68. The van der Waals surface area contributed by atoms with Crippen LogP contribution in [0.25, 0.3) is 11.3 Å². The van der Waals surface area contributed by atoms with E-state index in [1.165, 1.54) is 5.56 Å². The van der Waals surface area contributed by atoms with Crippen LogP contribution in [-0.2, 0) is 6.54 Å². The number of hydrogen-bond acceptors (Lipinski definition) is 5. The van der Waals surface area contributed by atoms with Gasteiger partial charge < -0.3 is 14.6 Å². The molecule has 1 amide bonds. The first-order valence-corrected chi connectivity index (χ1v) is 9.89. The maximum Gasteiger partial charge on any atom is 0.273 e. The molecule has 150 valence electrons. The molecular formula is C23H25N3O3. The Morgan fingerprint density at radius 2 is 2.07 bits per heavy atom. The number of benzene rings is 2. The Kier molecular flexibility index (Phi) is 5.91. The van der Waals surface area contributed by atoms with E-state index in [0.717, 1.165) is 43.8 Å². The topological polar surface area (TPSA) is 67.6 Å². The zero-order chi connectivity index (χ0) is 20.1. The molecule has 0 aliphatic carbocycles. The Morgan fingerprint density at radius 3 is 2.90 bits per heavy atom. The van der Waals surface area contributed by atoms with Gasteiger partial charge in [0.05, 0.1) is 7.11 Å². The van der Waals surface area contributed by atoms with E-state index in [2.05, 4.69) is 27.5 Å². The first-order chi connectivity index (χ1) is 14.2. The van der Waals surface area contributed by atoms with Crippen LogP contribution < -0.4 is 10.1 Å². The second kappa shape index (κ2) is 8.92. The summed E-state index contributed by atoms with van der Waals surface area (Å²) in [6.45, 7) is 2.67. The van der Waals surface area contributed by atoms with Crippen molar-refractivity contribution in [3.63, 3.8) is 0 Å². The zero-order valence-electron chi connectivity index (χ0n) is 16.5. The minimum absolute atomic E-state index is 0.0960. The molecule has 0 spiro atoms. The van der Waals surface area contributed by atoms with Crippen molar-refractivity contribution in [1.29, 1.82) is 0 Å². The summed E-state index contributed by atoms with van der Waals surface area (Å²) in [4.78, 5) is 15.0. The van der Waals surface area contributed by atoms with E-state index >= 15 is 0 Å². The number of nitrogens with one attached hydrogen (secondary N) is 1. The fraction of sp³-hybridized carbons (Fsp3) is 0.304. The van der Waals surface area contributed by atoms with Gasteiger partial charge in [0.25, 0.3) is 5.91 Å². The normalized spacial score (nSPS) is 17.1. The summed E-state index contributed by atoms with van der Waals surface area (Å²) in [6.07, 6.45) is 2.01. The van der Waals surface area contributed by atoms with E-state index < -0.39 is 0 Å². The maximum absolute atomic E-state index is 12.6. The molecular weight excluding hydrogens is 366 g/mol. The van der Waals surface area contributed by atoms with Gasteiger partial charge in [-0.1, -0.05) is 47.6 Å². The highest BCUT2D eigenvalue weighted by Gasteiger charge is 2.23. The van der Waals surface area contributed by atoms with Gasteiger partial charge in [-0.05, 0) is 37.1 Å². The lowest BCUT2D eigenvalue weighted by molar-refractivity contribution is 0.0892. The van der Waals surface area contributed by atoms with Gasteiger partial charge in [-0.2, -0.15) is 0 Å². The average molecular weight is 391 g/mol. The number of nitrogens with zero attached hydrogens (tertiary/aromatic N) is 2. The maximum atomic E-state index is 12.6. The highest BCUT2D eigenvalue weighted by molar-refractivity contribution is 5.93. The van der Waals surface area contributed by atoms with Crippen LogP contribution >= 0.6 is 0 Å². The van der Waals surface area contributed by atoms with Crippen molar-refractivity contribution in [3.05, 3.63) is 71.9 Å². The molecule has 1 unspecified atom stereocenters. The SMILES string of the molecule is COc1cccc(CN2CCCC(NC(=O)c3cc(-c4ccccc4)on3)C2)c1. The quantitative estimate of drug-likeness (QED) is 0.693. The molecule has 1 aliphatic rings. The predicted octanol–water partition coefficient (Wildman–Crippen LogP) is 3.74.